The van der Waals surface area contributed by atoms with E-state index < -0.39 is 5.97 Å². The van der Waals surface area contributed by atoms with Gasteiger partial charge in [0.05, 0.1) is 0 Å². The lowest BCUT2D eigenvalue weighted by molar-refractivity contribution is -0.136. The summed E-state index contributed by atoms with van der Waals surface area (Å²) in [6, 6.07) is 0. The normalized spacial score (nSPS) is 13.3. The van der Waals surface area contributed by atoms with E-state index in [0.29, 0.717) is 0 Å². The van der Waals surface area contributed by atoms with Crippen LogP contribution in [0, 0.1) is 0 Å². The number of carboxylic acids is 1. The molecule has 62 valence electrons. The number of carbonyl (C=O) groups is 1. The van der Waals surface area contributed by atoms with Crippen LogP contribution < -0.4 is 5.32 Å². The van der Waals surface area contributed by atoms with Crippen LogP contribution in [0.2, 0.25) is 0 Å². The highest BCUT2D eigenvalue weighted by atomic mass is 35.5. The molecule has 0 spiro atoms. The topological polar surface area (TPSA) is 49.3 Å². The number of hydrogen-bond donors (Lipinski definition) is 2. The third-order valence-electron chi connectivity index (χ3n) is 1.01. The zero-order valence-corrected chi connectivity index (χ0v) is 6.91. The highest BCUT2D eigenvalue weighted by Crippen LogP contribution is 1.80. The van der Waals surface area contributed by atoms with Gasteiger partial charge in [0.15, 0.2) is 0 Å². The van der Waals surface area contributed by atoms with Gasteiger partial charge in [0, 0.05) is 6.42 Å². The summed E-state index contributed by atoms with van der Waals surface area (Å²) in [6.07, 6.45) is 1.61. The Hall–Kier alpha value is -0.280. The molecule has 0 bridgehead atoms. The molecule has 1 fully saturated rings. The molecule has 0 aromatic heterocycles. The predicted octanol–water partition coefficient (Wildman–Crippen LogP) is 0.882. The minimum Gasteiger partial charge on any atom is -0.481 e. The van der Waals surface area contributed by atoms with E-state index >= 15 is 0 Å². The van der Waals surface area contributed by atoms with Crippen LogP contribution in [0.15, 0.2) is 0 Å². The van der Waals surface area contributed by atoms with Crippen LogP contribution >= 0.6 is 12.4 Å². The third kappa shape index (κ3) is 10.7. The molecule has 0 saturated carbocycles. The Morgan fingerprint density at radius 2 is 1.80 bits per heavy atom. The average Bonchev–Trinajstić information content (AvgIpc) is 1.61. The molecule has 1 heterocycles. The molecule has 1 aliphatic rings. The summed E-state index contributed by atoms with van der Waals surface area (Å²) >= 11 is 0. The Balaban J connectivity index is 0. The number of carboxylic acid groups (broad SMARTS) is 1. The number of aliphatic carboxylic acids is 1. The van der Waals surface area contributed by atoms with Gasteiger partial charge in [-0.3, -0.25) is 4.79 Å². The number of nitrogens with one attached hydrogen (secondary N) is 1. The molecule has 1 aliphatic heterocycles. The fourth-order valence-electron chi connectivity index (χ4n) is 0.177. The quantitative estimate of drug-likeness (QED) is 0.610. The zero-order valence-electron chi connectivity index (χ0n) is 6.09. The summed E-state index contributed by atoms with van der Waals surface area (Å²) in [6.45, 7) is 4.10. The maximum absolute atomic E-state index is 9.37. The smallest absolute Gasteiger partial charge is 0.303 e. The molecule has 1 saturated heterocycles. The van der Waals surface area contributed by atoms with Crippen molar-refractivity contribution in [2.75, 3.05) is 13.1 Å². The summed E-state index contributed by atoms with van der Waals surface area (Å²) in [5, 5.41) is 10.8. The van der Waals surface area contributed by atoms with Crippen molar-refractivity contribution in [3.05, 3.63) is 0 Å². The molecule has 0 radical (unpaired) electrons. The van der Waals surface area contributed by atoms with Crippen LogP contribution in [-0.4, -0.2) is 24.2 Å². The van der Waals surface area contributed by atoms with Crippen molar-refractivity contribution >= 4 is 18.4 Å². The molecule has 4 heteroatoms. The summed E-state index contributed by atoms with van der Waals surface area (Å²) in [5.41, 5.74) is 0. The Morgan fingerprint density at radius 1 is 1.60 bits per heavy atom. The van der Waals surface area contributed by atoms with Crippen molar-refractivity contribution in [3.8, 4) is 0 Å². The highest BCUT2D eigenvalue weighted by molar-refractivity contribution is 5.85. The Morgan fingerprint density at radius 3 is 1.80 bits per heavy atom. The molecule has 10 heavy (non-hydrogen) atoms. The molecule has 0 amide bonds. The first-order valence-corrected chi connectivity index (χ1v) is 3.20. The van der Waals surface area contributed by atoms with Crippen molar-refractivity contribution in [3.63, 3.8) is 0 Å². The van der Waals surface area contributed by atoms with Gasteiger partial charge >= 0.3 is 5.97 Å². The maximum Gasteiger partial charge on any atom is 0.303 e. The first-order valence-electron chi connectivity index (χ1n) is 3.20. The first kappa shape index (κ1) is 12.4. The molecule has 1 rings (SSSR count). The second-order valence-corrected chi connectivity index (χ2v) is 1.85. The third-order valence-corrected chi connectivity index (χ3v) is 1.01. The van der Waals surface area contributed by atoms with Crippen LogP contribution in [0.1, 0.15) is 19.8 Å². The number of hydrogen-bond acceptors (Lipinski definition) is 2. The van der Waals surface area contributed by atoms with Gasteiger partial charge in [-0.15, -0.1) is 12.4 Å². The van der Waals surface area contributed by atoms with Crippen LogP contribution in [0.5, 0.6) is 0 Å². The predicted molar refractivity (Wildman–Crippen MR) is 42.7 cm³/mol. The second-order valence-electron chi connectivity index (χ2n) is 1.85. The van der Waals surface area contributed by atoms with Gasteiger partial charge in [0.1, 0.15) is 0 Å². The van der Waals surface area contributed by atoms with Gasteiger partial charge in [0.2, 0.25) is 0 Å². The molecular formula is C6H14ClNO2. The molecule has 0 aromatic carbocycles. The van der Waals surface area contributed by atoms with Gasteiger partial charge in [-0.1, -0.05) is 6.92 Å². The minimum absolute atomic E-state index is 0. The van der Waals surface area contributed by atoms with Crippen molar-refractivity contribution in [2.45, 2.75) is 19.8 Å². The largest absolute Gasteiger partial charge is 0.481 e. The van der Waals surface area contributed by atoms with E-state index in [1.165, 1.54) is 19.5 Å². The van der Waals surface area contributed by atoms with Crippen LogP contribution in [0.25, 0.3) is 0 Å². The SMILES string of the molecule is C1CNC1.CCC(=O)O.Cl. The lowest BCUT2D eigenvalue weighted by Gasteiger charge is -2.09. The van der Waals surface area contributed by atoms with Crippen molar-refractivity contribution < 1.29 is 9.90 Å². The van der Waals surface area contributed by atoms with Crippen molar-refractivity contribution in [2.24, 2.45) is 0 Å². The number of rotatable bonds is 1. The number of halogens is 1. The van der Waals surface area contributed by atoms with Crippen molar-refractivity contribution in [1.82, 2.24) is 5.32 Å². The van der Waals surface area contributed by atoms with E-state index in [0.717, 1.165) is 0 Å². The molecule has 3 nitrogen and oxygen atoms in total. The van der Waals surface area contributed by atoms with Gasteiger partial charge < -0.3 is 10.4 Å². The lowest BCUT2D eigenvalue weighted by atomic mass is 10.3. The molecule has 2 N–H and O–H groups in total. The fraction of sp³-hybridized carbons (Fsp3) is 0.833. The second kappa shape index (κ2) is 8.72. The lowest BCUT2D eigenvalue weighted by Crippen LogP contribution is -2.29. The summed E-state index contributed by atoms with van der Waals surface area (Å²) in [5.74, 6) is -0.745. The van der Waals surface area contributed by atoms with Gasteiger partial charge in [-0.2, -0.15) is 0 Å². The van der Waals surface area contributed by atoms with E-state index in [4.69, 9.17) is 5.11 Å². The zero-order chi connectivity index (χ0) is 7.11. The monoisotopic (exact) mass is 167 g/mol. The fourth-order valence-corrected chi connectivity index (χ4v) is 0.177. The molecule has 0 atom stereocenters. The van der Waals surface area contributed by atoms with Gasteiger partial charge in [0.25, 0.3) is 0 Å². The van der Waals surface area contributed by atoms with Crippen LogP contribution in [-0.2, 0) is 4.79 Å². The summed E-state index contributed by atoms with van der Waals surface area (Å²) in [7, 11) is 0. The minimum atomic E-state index is -0.745. The molecule has 0 aliphatic carbocycles. The highest BCUT2D eigenvalue weighted by Gasteiger charge is 1.92. The Labute approximate surface area is 67.2 Å². The average molecular weight is 168 g/mol. The summed E-state index contributed by atoms with van der Waals surface area (Å²) in [4.78, 5) is 9.37. The van der Waals surface area contributed by atoms with Gasteiger partial charge in [-0.25, -0.2) is 0 Å². The Kier molecular flexibility index (Phi) is 10.8. The van der Waals surface area contributed by atoms with Crippen LogP contribution in [0.3, 0.4) is 0 Å². The summed E-state index contributed by atoms with van der Waals surface area (Å²) < 4.78 is 0. The van der Waals surface area contributed by atoms with Crippen LogP contribution in [0.4, 0.5) is 0 Å². The first-order chi connectivity index (χ1) is 4.27. The maximum atomic E-state index is 9.37. The Bertz CT molecular complexity index is 79.8. The molecule has 0 aromatic rings. The molecular weight excluding hydrogens is 154 g/mol. The standard InChI is InChI=1S/C3H7N.C3H6O2.ClH/c1-2-4-3-1;1-2-3(4)5;/h4H,1-3H2;2H2,1H3,(H,4,5);1H. The van der Waals surface area contributed by atoms with E-state index in [1.807, 2.05) is 0 Å². The van der Waals surface area contributed by atoms with Gasteiger partial charge in [-0.05, 0) is 19.5 Å². The van der Waals surface area contributed by atoms with E-state index in [-0.39, 0.29) is 18.8 Å². The van der Waals surface area contributed by atoms with E-state index in [2.05, 4.69) is 5.32 Å². The van der Waals surface area contributed by atoms with Crippen molar-refractivity contribution in [1.29, 1.82) is 0 Å². The van der Waals surface area contributed by atoms with E-state index in [9.17, 15) is 4.79 Å². The van der Waals surface area contributed by atoms with E-state index in [1.54, 1.807) is 6.92 Å². The molecule has 0 unspecified atom stereocenters.